The topological polar surface area (TPSA) is 65.2 Å². The fraction of sp³-hybridized carbons (Fsp3) is 0.143. The Kier molecular flexibility index (Phi) is 3.75. The smallest absolute Gasteiger partial charge is 0.339 e. The van der Waals surface area contributed by atoms with Crippen molar-refractivity contribution in [3.8, 4) is 11.1 Å². The van der Waals surface area contributed by atoms with Gasteiger partial charge in [0.2, 0.25) is 0 Å². The summed E-state index contributed by atoms with van der Waals surface area (Å²) in [7, 11) is 0. The van der Waals surface area contributed by atoms with E-state index in [2.05, 4.69) is 4.98 Å². The van der Waals surface area contributed by atoms with Crippen LogP contribution >= 0.6 is 0 Å². The predicted octanol–water partition coefficient (Wildman–Crippen LogP) is 2.65. The molecule has 0 saturated heterocycles. The summed E-state index contributed by atoms with van der Waals surface area (Å²) in [5.41, 5.74) is 7.36. The Labute approximate surface area is 110 Å². The number of carbonyl (C=O) groups is 1. The molecule has 0 fully saturated rings. The van der Waals surface area contributed by atoms with Crippen LogP contribution in [-0.4, -0.2) is 17.6 Å². The van der Waals surface area contributed by atoms with Crippen LogP contribution in [-0.2, 0) is 4.74 Å². The molecule has 2 N–H and O–H groups in total. The minimum Gasteiger partial charge on any atom is -0.462 e. The van der Waals surface area contributed by atoms with Gasteiger partial charge in [0, 0.05) is 11.8 Å². The maximum absolute atomic E-state index is 12.9. The molecule has 98 valence electrons. The number of nitrogen functional groups attached to an aromatic ring is 1. The third-order valence-corrected chi connectivity index (χ3v) is 2.58. The van der Waals surface area contributed by atoms with Gasteiger partial charge in [-0.05, 0) is 30.7 Å². The first kappa shape index (κ1) is 13.0. The number of rotatable bonds is 3. The molecule has 1 heterocycles. The molecule has 19 heavy (non-hydrogen) atoms. The van der Waals surface area contributed by atoms with Crippen molar-refractivity contribution in [1.82, 2.24) is 4.98 Å². The molecule has 0 aliphatic carbocycles. The molecule has 0 spiro atoms. The van der Waals surface area contributed by atoms with E-state index in [0.717, 1.165) is 0 Å². The molecule has 1 aromatic heterocycles. The summed E-state index contributed by atoms with van der Waals surface area (Å²) >= 11 is 0. The van der Waals surface area contributed by atoms with Crippen molar-refractivity contribution in [1.29, 1.82) is 0 Å². The van der Waals surface area contributed by atoms with Crippen molar-refractivity contribution in [3.63, 3.8) is 0 Å². The molecule has 0 amide bonds. The van der Waals surface area contributed by atoms with E-state index in [9.17, 15) is 9.18 Å². The second-order valence-electron chi connectivity index (χ2n) is 3.88. The number of aromatic nitrogens is 1. The number of halogens is 1. The van der Waals surface area contributed by atoms with Crippen LogP contribution in [0.15, 0.2) is 36.5 Å². The highest BCUT2D eigenvalue weighted by Gasteiger charge is 2.11. The third kappa shape index (κ3) is 2.88. The maximum atomic E-state index is 12.9. The lowest BCUT2D eigenvalue weighted by Gasteiger charge is -2.07. The van der Waals surface area contributed by atoms with Crippen LogP contribution in [0.3, 0.4) is 0 Å². The van der Waals surface area contributed by atoms with E-state index in [4.69, 9.17) is 10.5 Å². The lowest BCUT2D eigenvalue weighted by Crippen LogP contribution is -2.06. The van der Waals surface area contributed by atoms with Crippen LogP contribution in [0, 0.1) is 5.82 Å². The zero-order valence-electron chi connectivity index (χ0n) is 10.4. The SMILES string of the molecule is CCOC(=O)c1cnc(N)c(-c2ccc(F)cc2)c1. The van der Waals surface area contributed by atoms with E-state index in [-0.39, 0.29) is 18.2 Å². The zero-order chi connectivity index (χ0) is 13.8. The zero-order valence-corrected chi connectivity index (χ0v) is 10.4. The molecule has 0 bridgehead atoms. The Morgan fingerprint density at radius 2 is 2.05 bits per heavy atom. The number of carbonyl (C=O) groups excluding carboxylic acids is 1. The van der Waals surface area contributed by atoms with Crippen LogP contribution < -0.4 is 5.73 Å². The van der Waals surface area contributed by atoms with E-state index < -0.39 is 5.97 Å². The van der Waals surface area contributed by atoms with E-state index in [1.54, 1.807) is 25.1 Å². The van der Waals surface area contributed by atoms with Gasteiger partial charge < -0.3 is 10.5 Å². The first-order chi connectivity index (χ1) is 9.11. The Hall–Kier alpha value is -2.43. The molecular formula is C14H13FN2O2. The van der Waals surface area contributed by atoms with Gasteiger partial charge >= 0.3 is 5.97 Å². The average molecular weight is 260 g/mol. The number of ether oxygens (including phenoxy) is 1. The first-order valence-electron chi connectivity index (χ1n) is 5.80. The molecule has 0 saturated carbocycles. The summed E-state index contributed by atoms with van der Waals surface area (Å²) in [6, 6.07) is 7.40. The predicted molar refractivity (Wildman–Crippen MR) is 70.0 cm³/mol. The molecule has 0 aliphatic heterocycles. The van der Waals surface area contributed by atoms with Gasteiger partial charge in [-0.1, -0.05) is 12.1 Å². The number of anilines is 1. The Morgan fingerprint density at radius 3 is 2.68 bits per heavy atom. The molecule has 2 aromatic rings. The molecule has 1 aromatic carbocycles. The van der Waals surface area contributed by atoms with Gasteiger partial charge in [0.15, 0.2) is 0 Å². The summed E-state index contributed by atoms with van der Waals surface area (Å²) in [6.07, 6.45) is 1.36. The molecule has 0 atom stereocenters. The van der Waals surface area contributed by atoms with Crippen LogP contribution in [0.4, 0.5) is 10.2 Å². The fourth-order valence-electron chi connectivity index (χ4n) is 1.66. The van der Waals surface area contributed by atoms with Crippen LogP contribution in [0.25, 0.3) is 11.1 Å². The number of nitrogens with zero attached hydrogens (tertiary/aromatic N) is 1. The highest BCUT2D eigenvalue weighted by atomic mass is 19.1. The standard InChI is InChI=1S/C14H13FN2O2/c1-2-19-14(18)10-7-12(13(16)17-8-10)9-3-5-11(15)6-4-9/h3-8H,2H2,1H3,(H2,16,17). The molecule has 5 heteroatoms. The van der Waals surface area contributed by atoms with Gasteiger partial charge in [0.1, 0.15) is 11.6 Å². The average Bonchev–Trinajstić information content (AvgIpc) is 2.41. The monoisotopic (exact) mass is 260 g/mol. The number of hydrogen-bond acceptors (Lipinski definition) is 4. The first-order valence-corrected chi connectivity index (χ1v) is 5.80. The number of benzene rings is 1. The number of pyridine rings is 1. The lowest BCUT2D eigenvalue weighted by atomic mass is 10.0. The quantitative estimate of drug-likeness (QED) is 0.861. The molecular weight excluding hydrogens is 247 g/mol. The summed E-state index contributed by atoms with van der Waals surface area (Å²) in [4.78, 5) is 15.6. The maximum Gasteiger partial charge on any atom is 0.339 e. The Balaban J connectivity index is 2.42. The van der Waals surface area contributed by atoms with Crippen molar-refractivity contribution in [3.05, 3.63) is 47.9 Å². The Bertz CT molecular complexity index is 597. The van der Waals surface area contributed by atoms with E-state index >= 15 is 0 Å². The number of hydrogen-bond donors (Lipinski definition) is 1. The summed E-state index contributed by atoms with van der Waals surface area (Å²) in [6.45, 7) is 2.01. The Morgan fingerprint density at radius 1 is 1.37 bits per heavy atom. The number of esters is 1. The highest BCUT2D eigenvalue weighted by Crippen LogP contribution is 2.25. The van der Waals surface area contributed by atoms with Crippen molar-refractivity contribution in [2.45, 2.75) is 6.92 Å². The van der Waals surface area contributed by atoms with Crippen molar-refractivity contribution < 1.29 is 13.9 Å². The summed E-state index contributed by atoms with van der Waals surface area (Å²) in [5.74, 6) is -0.519. The van der Waals surface area contributed by atoms with Crippen molar-refractivity contribution in [2.75, 3.05) is 12.3 Å². The van der Waals surface area contributed by atoms with Gasteiger partial charge in [0.25, 0.3) is 0 Å². The van der Waals surface area contributed by atoms with Gasteiger partial charge in [-0.25, -0.2) is 14.2 Å². The minimum absolute atomic E-state index is 0.277. The van der Waals surface area contributed by atoms with Crippen molar-refractivity contribution >= 4 is 11.8 Å². The van der Waals surface area contributed by atoms with Gasteiger partial charge in [-0.3, -0.25) is 0 Å². The second-order valence-corrected chi connectivity index (χ2v) is 3.88. The summed E-state index contributed by atoms with van der Waals surface area (Å²) < 4.78 is 17.8. The second kappa shape index (κ2) is 5.48. The van der Waals surface area contributed by atoms with Gasteiger partial charge in [-0.15, -0.1) is 0 Å². The van der Waals surface area contributed by atoms with Crippen LogP contribution in [0.1, 0.15) is 17.3 Å². The third-order valence-electron chi connectivity index (χ3n) is 2.58. The molecule has 0 aliphatic rings. The van der Waals surface area contributed by atoms with Gasteiger partial charge in [0.05, 0.1) is 12.2 Å². The number of nitrogens with two attached hydrogens (primary N) is 1. The van der Waals surface area contributed by atoms with Crippen LogP contribution in [0.2, 0.25) is 0 Å². The van der Waals surface area contributed by atoms with Crippen molar-refractivity contribution in [2.24, 2.45) is 0 Å². The van der Waals surface area contributed by atoms with Gasteiger partial charge in [-0.2, -0.15) is 0 Å². The molecule has 4 nitrogen and oxygen atoms in total. The molecule has 0 radical (unpaired) electrons. The van der Waals surface area contributed by atoms with E-state index in [1.165, 1.54) is 18.3 Å². The van der Waals surface area contributed by atoms with Crippen LogP contribution in [0.5, 0.6) is 0 Å². The van der Waals surface area contributed by atoms with E-state index in [0.29, 0.717) is 16.7 Å². The lowest BCUT2D eigenvalue weighted by molar-refractivity contribution is 0.0526. The van der Waals surface area contributed by atoms with E-state index in [1.807, 2.05) is 0 Å². The summed E-state index contributed by atoms with van der Waals surface area (Å²) in [5, 5.41) is 0. The normalized spacial score (nSPS) is 10.2. The molecule has 2 rings (SSSR count). The fourth-order valence-corrected chi connectivity index (χ4v) is 1.66. The minimum atomic E-state index is -0.460. The highest BCUT2D eigenvalue weighted by molar-refractivity contribution is 5.92. The molecule has 0 unspecified atom stereocenters. The largest absolute Gasteiger partial charge is 0.462 e.